The van der Waals surface area contributed by atoms with E-state index in [1.54, 1.807) is 11.3 Å². The Balaban J connectivity index is 1.23. The molecule has 0 radical (unpaired) electrons. The fraction of sp³-hybridized carbons (Fsp3) is 0.120. The Morgan fingerprint density at radius 3 is 2.35 bits per heavy atom. The lowest BCUT2D eigenvalue weighted by molar-refractivity contribution is 0.177. The van der Waals surface area contributed by atoms with Gasteiger partial charge < -0.3 is 15.4 Å². The van der Waals surface area contributed by atoms with Crippen molar-refractivity contribution in [3.63, 3.8) is 0 Å². The molecule has 1 aromatic heterocycles. The van der Waals surface area contributed by atoms with Crippen molar-refractivity contribution >= 4 is 28.2 Å². The number of rotatable bonds is 6. The molecule has 0 aliphatic carbocycles. The molecule has 1 aliphatic heterocycles. The molecule has 1 unspecified atom stereocenters. The van der Waals surface area contributed by atoms with Crippen molar-refractivity contribution in [1.82, 2.24) is 10.3 Å². The van der Waals surface area contributed by atoms with Gasteiger partial charge in [0.05, 0.1) is 11.7 Å². The molecule has 5 rings (SSSR count). The monoisotopic (exact) mass is 427 g/mol. The van der Waals surface area contributed by atoms with Gasteiger partial charge in [0.15, 0.2) is 5.13 Å². The van der Waals surface area contributed by atoms with Gasteiger partial charge in [0, 0.05) is 16.6 Å². The molecule has 1 fully saturated rings. The van der Waals surface area contributed by atoms with E-state index in [2.05, 4.69) is 76.7 Å². The number of thiazole rings is 1. The van der Waals surface area contributed by atoms with E-state index in [0.29, 0.717) is 6.61 Å². The summed E-state index contributed by atoms with van der Waals surface area (Å²) < 4.78 is 4.94. The number of ether oxygens (including phenoxy) is 1. The highest BCUT2D eigenvalue weighted by atomic mass is 32.1. The first-order chi connectivity index (χ1) is 15.2. The quantitative estimate of drug-likeness (QED) is 0.404. The summed E-state index contributed by atoms with van der Waals surface area (Å²) in [5.41, 5.74) is 6.60. The third-order valence-corrected chi connectivity index (χ3v) is 5.97. The molecule has 1 atom stereocenters. The summed E-state index contributed by atoms with van der Waals surface area (Å²) in [5.74, 6) is 0. The second-order valence-corrected chi connectivity index (χ2v) is 8.31. The number of hydrogen-bond acceptors (Lipinski definition) is 5. The van der Waals surface area contributed by atoms with Gasteiger partial charge >= 0.3 is 6.09 Å². The summed E-state index contributed by atoms with van der Waals surface area (Å²) in [7, 11) is 0. The first kappa shape index (κ1) is 19.3. The van der Waals surface area contributed by atoms with E-state index in [0.717, 1.165) is 34.1 Å². The molecule has 0 spiro atoms. The number of hydrogen-bond donors (Lipinski definition) is 2. The summed E-state index contributed by atoms with van der Waals surface area (Å²) in [6.07, 6.45) is 0.421. The van der Waals surface area contributed by atoms with E-state index in [9.17, 15) is 4.79 Å². The molecule has 5 nitrogen and oxygen atoms in total. The zero-order chi connectivity index (χ0) is 21.0. The molecule has 0 bridgehead atoms. The minimum atomic E-state index is -0.336. The zero-order valence-electron chi connectivity index (χ0n) is 16.7. The van der Waals surface area contributed by atoms with E-state index in [4.69, 9.17) is 9.72 Å². The number of nitrogens with one attached hydrogen (secondary N) is 2. The number of alkyl carbamates (subject to hydrolysis) is 1. The van der Waals surface area contributed by atoms with Crippen molar-refractivity contribution in [3.05, 3.63) is 89.8 Å². The van der Waals surface area contributed by atoms with Crippen molar-refractivity contribution in [1.29, 1.82) is 0 Å². The molecule has 2 heterocycles. The molecule has 4 aromatic rings. The van der Waals surface area contributed by atoms with Crippen LogP contribution in [-0.4, -0.2) is 23.7 Å². The summed E-state index contributed by atoms with van der Waals surface area (Å²) in [4.78, 5) is 15.9. The van der Waals surface area contributed by atoms with Gasteiger partial charge in [-0.05, 0) is 35.2 Å². The van der Waals surface area contributed by atoms with Gasteiger partial charge in [-0.1, -0.05) is 66.7 Å². The SMILES string of the molecule is O=C1NC(Cc2ccc(Nc3nc(-c4ccc(-c5ccccc5)cc4)cs3)cc2)CO1. The number of carbonyl (C=O) groups is 1. The Bertz CT molecular complexity index is 1170. The van der Waals surface area contributed by atoms with E-state index < -0.39 is 0 Å². The van der Waals surface area contributed by atoms with Crippen LogP contribution in [0.2, 0.25) is 0 Å². The lowest BCUT2D eigenvalue weighted by Crippen LogP contribution is -2.28. The minimum Gasteiger partial charge on any atom is -0.447 e. The van der Waals surface area contributed by atoms with Crippen molar-refractivity contribution in [2.75, 3.05) is 11.9 Å². The lowest BCUT2D eigenvalue weighted by atomic mass is 10.0. The third kappa shape index (κ3) is 4.59. The standard InChI is InChI=1S/C25H21N3O2S/c29-25-27-22(15-30-25)14-17-6-12-21(13-7-17)26-24-28-23(16-31-24)20-10-8-19(9-11-20)18-4-2-1-3-5-18/h1-13,16,22H,14-15H2,(H,26,28)(H,27,29). The van der Waals surface area contributed by atoms with Crippen molar-refractivity contribution in [2.24, 2.45) is 0 Å². The number of benzene rings is 3. The van der Waals surface area contributed by atoms with Crippen LogP contribution in [0.25, 0.3) is 22.4 Å². The number of carbonyl (C=O) groups excluding carboxylic acids is 1. The maximum Gasteiger partial charge on any atom is 0.407 e. The molecule has 1 amide bonds. The first-order valence-electron chi connectivity index (χ1n) is 10.1. The second kappa shape index (κ2) is 8.62. The Morgan fingerprint density at radius 2 is 1.65 bits per heavy atom. The number of amides is 1. The van der Waals surface area contributed by atoms with Gasteiger partial charge in [-0.25, -0.2) is 9.78 Å². The molecule has 154 valence electrons. The first-order valence-corrected chi connectivity index (χ1v) is 11.0. The predicted molar refractivity (Wildman–Crippen MR) is 125 cm³/mol. The zero-order valence-corrected chi connectivity index (χ0v) is 17.6. The van der Waals surface area contributed by atoms with Gasteiger partial charge in [0.2, 0.25) is 0 Å². The number of anilines is 2. The molecule has 1 saturated heterocycles. The number of cyclic esters (lactones) is 1. The van der Waals surface area contributed by atoms with Gasteiger partial charge in [0.1, 0.15) is 6.61 Å². The Morgan fingerprint density at radius 1 is 0.935 bits per heavy atom. The smallest absolute Gasteiger partial charge is 0.407 e. The average molecular weight is 428 g/mol. The minimum absolute atomic E-state index is 0.0427. The summed E-state index contributed by atoms with van der Waals surface area (Å²) >= 11 is 1.58. The van der Waals surface area contributed by atoms with Crippen LogP contribution < -0.4 is 10.6 Å². The van der Waals surface area contributed by atoms with Crippen LogP contribution in [0.5, 0.6) is 0 Å². The Kier molecular flexibility index (Phi) is 5.37. The van der Waals surface area contributed by atoms with Crippen molar-refractivity contribution in [2.45, 2.75) is 12.5 Å². The topological polar surface area (TPSA) is 63.2 Å². The fourth-order valence-corrected chi connectivity index (χ4v) is 4.34. The third-order valence-electron chi connectivity index (χ3n) is 5.22. The van der Waals surface area contributed by atoms with Crippen LogP contribution in [0.15, 0.2) is 84.2 Å². The lowest BCUT2D eigenvalue weighted by Gasteiger charge is -2.08. The van der Waals surface area contributed by atoms with Crippen LogP contribution in [0.1, 0.15) is 5.56 Å². The molecule has 0 saturated carbocycles. The highest BCUT2D eigenvalue weighted by Crippen LogP contribution is 2.29. The molecule has 2 N–H and O–H groups in total. The highest BCUT2D eigenvalue weighted by Gasteiger charge is 2.22. The molecular formula is C25H21N3O2S. The van der Waals surface area contributed by atoms with Crippen LogP contribution >= 0.6 is 11.3 Å². The predicted octanol–water partition coefficient (Wildman–Crippen LogP) is 5.87. The number of nitrogens with zero attached hydrogens (tertiary/aromatic N) is 1. The molecular weight excluding hydrogens is 406 g/mol. The van der Waals surface area contributed by atoms with Crippen LogP contribution in [-0.2, 0) is 11.2 Å². The van der Waals surface area contributed by atoms with E-state index in [1.807, 2.05) is 18.2 Å². The summed E-state index contributed by atoms with van der Waals surface area (Å²) in [6, 6.07) is 27.1. The van der Waals surface area contributed by atoms with Crippen molar-refractivity contribution in [3.8, 4) is 22.4 Å². The maximum absolute atomic E-state index is 11.1. The summed E-state index contributed by atoms with van der Waals surface area (Å²) in [6.45, 7) is 0.424. The molecule has 1 aliphatic rings. The van der Waals surface area contributed by atoms with E-state index in [1.165, 1.54) is 11.1 Å². The average Bonchev–Trinajstić information content (AvgIpc) is 3.45. The molecule has 6 heteroatoms. The largest absolute Gasteiger partial charge is 0.447 e. The van der Waals surface area contributed by atoms with Crippen LogP contribution in [0.3, 0.4) is 0 Å². The Labute approximate surface area is 184 Å². The fourth-order valence-electron chi connectivity index (χ4n) is 3.60. The van der Waals surface area contributed by atoms with Gasteiger partial charge in [0.25, 0.3) is 0 Å². The van der Waals surface area contributed by atoms with Crippen LogP contribution in [0.4, 0.5) is 15.6 Å². The van der Waals surface area contributed by atoms with Crippen LogP contribution in [0, 0.1) is 0 Å². The number of aromatic nitrogens is 1. The molecule has 3 aromatic carbocycles. The van der Waals surface area contributed by atoms with Gasteiger partial charge in [-0.3, -0.25) is 0 Å². The van der Waals surface area contributed by atoms with Gasteiger partial charge in [-0.15, -0.1) is 11.3 Å². The van der Waals surface area contributed by atoms with E-state index in [-0.39, 0.29) is 12.1 Å². The molecule has 31 heavy (non-hydrogen) atoms. The van der Waals surface area contributed by atoms with E-state index >= 15 is 0 Å². The highest BCUT2D eigenvalue weighted by molar-refractivity contribution is 7.14. The Hall–Kier alpha value is -3.64. The summed E-state index contributed by atoms with van der Waals surface area (Å²) in [5, 5.41) is 9.09. The van der Waals surface area contributed by atoms with Crippen molar-refractivity contribution < 1.29 is 9.53 Å². The maximum atomic E-state index is 11.1. The van der Waals surface area contributed by atoms with Gasteiger partial charge in [-0.2, -0.15) is 0 Å². The second-order valence-electron chi connectivity index (χ2n) is 7.45. The normalized spacial score (nSPS) is 15.4.